The van der Waals surface area contributed by atoms with Crippen LogP contribution >= 0.6 is 22.7 Å². The van der Waals surface area contributed by atoms with E-state index in [1.165, 1.54) is 36.1 Å². The number of hydrogen-bond acceptors (Lipinski definition) is 5. The molecule has 1 saturated carbocycles. The summed E-state index contributed by atoms with van der Waals surface area (Å²) < 4.78 is 6.14. The second-order valence-corrected chi connectivity index (χ2v) is 8.72. The highest BCUT2D eigenvalue weighted by molar-refractivity contribution is 7.10. The number of aromatic nitrogens is 1. The average Bonchev–Trinajstić information content (AvgIpc) is 3.41. The van der Waals surface area contributed by atoms with Crippen LogP contribution < -0.4 is 10.1 Å². The molecule has 1 unspecified atom stereocenters. The molecule has 1 aliphatic carbocycles. The zero-order chi connectivity index (χ0) is 17.6. The number of nitrogens with zero attached hydrogens (tertiary/aromatic N) is 1. The van der Waals surface area contributed by atoms with Crippen molar-refractivity contribution in [1.82, 2.24) is 10.3 Å². The van der Waals surface area contributed by atoms with Gasteiger partial charge >= 0.3 is 0 Å². The maximum atomic E-state index is 6.14. The molecule has 1 aromatic carbocycles. The first-order valence-corrected chi connectivity index (χ1v) is 11.0. The van der Waals surface area contributed by atoms with E-state index in [2.05, 4.69) is 57.5 Å². The van der Waals surface area contributed by atoms with Crippen LogP contribution in [0.25, 0.3) is 0 Å². The van der Waals surface area contributed by atoms with Gasteiger partial charge in [0.25, 0.3) is 0 Å². The molecule has 5 heteroatoms. The summed E-state index contributed by atoms with van der Waals surface area (Å²) in [4.78, 5) is 5.92. The number of nitrogens with one attached hydrogen (secondary N) is 1. The van der Waals surface area contributed by atoms with Gasteiger partial charge in [0.2, 0.25) is 0 Å². The minimum atomic E-state index is 0.244. The van der Waals surface area contributed by atoms with Crippen LogP contribution in [-0.4, -0.2) is 11.1 Å². The summed E-state index contributed by atoms with van der Waals surface area (Å²) in [5.74, 6) is 1.00. The maximum Gasteiger partial charge on any atom is 0.120 e. The van der Waals surface area contributed by atoms with Gasteiger partial charge in [-0.3, -0.25) is 0 Å². The topological polar surface area (TPSA) is 34.2 Å². The highest BCUT2D eigenvalue weighted by Gasteiger charge is 2.17. The molecule has 4 rings (SSSR count). The summed E-state index contributed by atoms with van der Waals surface area (Å²) in [7, 11) is 0. The summed E-state index contributed by atoms with van der Waals surface area (Å²) in [6.45, 7) is 0.817. The summed E-state index contributed by atoms with van der Waals surface area (Å²) in [5.41, 5.74) is 1.26. The van der Waals surface area contributed by atoms with Gasteiger partial charge < -0.3 is 10.1 Å². The molecule has 1 atom stereocenters. The van der Waals surface area contributed by atoms with Crippen LogP contribution in [0.5, 0.6) is 5.75 Å². The van der Waals surface area contributed by atoms with Gasteiger partial charge in [-0.25, -0.2) is 4.98 Å². The second kappa shape index (κ2) is 8.80. The number of ether oxygens (including phenoxy) is 1. The molecule has 3 nitrogen and oxygen atoms in total. The van der Waals surface area contributed by atoms with Crippen molar-refractivity contribution in [3.63, 3.8) is 0 Å². The maximum absolute atomic E-state index is 6.14. The molecule has 0 spiro atoms. The number of thiazole rings is 1. The first-order chi connectivity index (χ1) is 12.9. The molecule has 2 heterocycles. The van der Waals surface area contributed by atoms with Crippen molar-refractivity contribution >= 4 is 22.7 Å². The molecule has 1 N–H and O–H groups in total. The SMILES string of the molecule is c1cc(CNC(Cc2cccs2)c2nccs2)cc(OC2CCCC2)c1. The molecular formula is C21H24N2OS2. The van der Waals surface area contributed by atoms with Gasteiger partial charge in [-0.1, -0.05) is 18.2 Å². The lowest BCUT2D eigenvalue weighted by Crippen LogP contribution is -2.22. The van der Waals surface area contributed by atoms with Crippen LogP contribution in [0.15, 0.2) is 53.4 Å². The fourth-order valence-electron chi connectivity index (χ4n) is 3.45. The van der Waals surface area contributed by atoms with E-state index in [9.17, 15) is 0 Å². The van der Waals surface area contributed by atoms with Crippen molar-refractivity contribution in [2.24, 2.45) is 0 Å². The predicted molar refractivity (Wildman–Crippen MR) is 109 cm³/mol. The lowest BCUT2D eigenvalue weighted by molar-refractivity contribution is 0.210. The third-order valence-corrected chi connectivity index (χ3v) is 6.58. The van der Waals surface area contributed by atoms with Crippen LogP contribution in [-0.2, 0) is 13.0 Å². The van der Waals surface area contributed by atoms with Crippen molar-refractivity contribution in [1.29, 1.82) is 0 Å². The Morgan fingerprint density at radius 3 is 2.81 bits per heavy atom. The predicted octanol–water partition coefficient (Wildman–Crippen LogP) is 5.60. The fourth-order valence-corrected chi connectivity index (χ4v) is 4.92. The van der Waals surface area contributed by atoms with E-state index in [-0.39, 0.29) is 6.04 Å². The Labute approximate surface area is 163 Å². The second-order valence-electron chi connectivity index (χ2n) is 6.76. The van der Waals surface area contributed by atoms with Crippen molar-refractivity contribution in [3.8, 4) is 5.75 Å². The molecule has 1 aliphatic rings. The van der Waals surface area contributed by atoms with E-state index in [1.807, 2.05) is 17.5 Å². The summed E-state index contributed by atoms with van der Waals surface area (Å²) in [5, 5.41) is 9.03. The quantitative estimate of drug-likeness (QED) is 0.549. The van der Waals surface area contributed by atoms with Crippen LogP contribution in [0.4, 0.5) is 0 Å². The fraction of sp³-hybridized carbons (Fsp3) is 0.381. The van der Waals surface area contributed by atoms with Gasteiger partial charge in [0.1, 0.15) is 10.8 Å². The first-order valence-electron chi connectivity index (χ1n) is 9.27. The summed E-state index contributed by atoms with van der Waals surface area (Å²) >= 11 is 3.53. The molecule has 0 radical (unpaired) electrons. The molecule has 0 amide bonds. The molecular weight excluding hydrogens is 360 g/mol. The van der Waals surface area contributed by atoms with Crippen LogP contribution in [0, 0.1) is 0 Å². The largest absolute Gasteiger partial charge is 0.490 e. The minimum absolute atomic E-state index is 0.244. The molecule has 0 bridgehead atoms. The molecule has 136 valence electrons. The highest BCUT2D eigenvalue weighted by Crippen LogP contribution is 2.26. The monoisotopic (exact) mass is 384 g/mol. The van der Waals surface area contributed by atoms with E-state index in [4.69, 9.17) is 4.74 Å². The van der Waals surface area contributed by atoms with Crippen LogP contribution in [0.1, 0.15) is 47.2 Å². The van der Waals surface area contributed by atoms with Gasteiger partial charge in [-0.05, 0) is 54.8 Å². The lowest BCUT2D eigenvalue weighted by atomic mass is 10.1. The Morgan fingerprint density at radius 2 is 2.04 bits per heavy atom. The summed E-state index contributed by atoms with van der Waals surface area (Å²) in [6, 6.07) is 13.1. The van der Waals surface area contributed by atoms with Gasteiger partial charge in [0.05, 0.1) is 12.1 Å². The van der Waals surface area contributed by atoms with Gasteiger partial charge in [-0.15, -0.1) is 22.7 Å². The molecule has 26 heavy (non-hydrogen) atoms. The van der Waals surface area contributed by atoms with Crippen LogP contribution in [0.3, 0.4) is 0 Å². The van der Waals surface area contributed by atoms with Crippen molar-refractivity contribution in [3.05, 3.63) is 68.8 Å². The zero-order valence-electron chi connectivity index (χ0n) is 14.8. The number of rotatable bonds is 8. The number of thiophene rings is 1. The minimum Gasteiger partial charge on any atom is -0.490 e. The van der Waals surface area contributed by atoms with Gasteiger partial charge in [0, 0.05) is 29.4 Å². The normalized spacial score (nSPS) is 16.0. The highest BCUT2D eigenvalue weighted by atomic mass is 32.1. The van der Waals surface area contributed by atoms with Crippen molar-refractivity contribution in [2.45, 2.75) is 50.8 Å². The average molecular weight is 385 g/mol. The van der Waals surface area contributed by atoms with Gasteiger partial charge in [-0.2, -0.15) is 0 Å². The Hall–Kier alpha value is -1.69. The van der Waals surface area contributed by atoms with E-state index in [0.717, 1.165) is 23.7 Å². The summed E-state index contributed by atoms with van der Waals surface area (Å²) in [6.07, 6.45) is 8.24. The number of benzene rings is 1. The molecule has 2 aromatic heterocycles. The zero-order valence-corrected chi connectivity index (χ0v) is 16.4. The Morgan fingerprint density at radius 1 is 1.12 bits per heavy atom. The molecule has 0 aliphatic heterocycles. The van der Waals surface area contributed by atoms with Crippen molar-refractivity contribution in [2.75, 3.05) is 0 Å². The van der Waals surface area contributed by atoms with E-state index < -0.39 is 0 Å². The van der Waals surface area contributed by atoms with Gasteiger partial charge in [0.15, 0.2) is 0 Å². The van der Waals surface area contributed by atoms with E-state index >= 15 is 0 Å². The lowest BCUT2D eigenvalue weighted by Gasteiger charge is -2.17. The Balaban J connectivity index is 1.40. The smallest absolute Gasteiger partial charge is 0.120 e. The van der Waals surface area contributed by atoms with E-state index in [0.29, 0.717) is 6.10 Å². The first kappa shape index (κ1) is 17.7. The molecule has 1 fully saturated rings. The Bertz CT molecular complexity index is 780. The van der Waals surface area contributed by atoms with Crippen LogP contribution in [0.2, 0.25) is 0 Å². The Kier molecular flexibility index (Phi) is 5.99. The standard InChI is InChI=1S/C21H24N2OS2/c1-2-7-17(6-1)24-18-8-3-5-16(13-18)15-23-20(21-22-10-12-26-21)14-19-9-4-11-25-19/h3-5,8-13,17,20,23H,1-2,6-7,14-15H2. The van der Waals surface area contributed by atoms with Crippen molar-refractivity contribution < 1.29 is 4.74 Å². The molecule has 3 aromatic rings. The third-order valence-electron chi connectivity index (χ3n) is 4.79. The number of hydrogen-bond donors (Lipinski definition) is 1. The molecule has 0 saturated heterocycles. The van der Waals surface area contributed by atoms with E-state index in [1.54, 1.807) is 11.3 Å². The third kappa shape index (κ3) is 4.72.